The first-order valence-corrected chi connectivity index (χ1v) is 6.84. The first-order chi connectivity index (χ1) is 9.26. The molecule has 0 unspecified atom stereocenters. The monoisotopic (exact) mass is 301 g/mol. The van der Waals surface area contributed by atoms with Crippen molar-refractivity contribution in [3.63, 3.8) is 0 Å². The molecule has 5 heteroatoms. The second-order valence-corrected chi connectivity index (χ2v) is 4.13. The summed E-state index contributed by atoms with van der Waals surface area (Å²) in [7, 11) is 0. The normalized spacial score (nSPS) is 9.70. The van der Waals surface area contributed by atoms with E-state index in [9.17, 15) is 4.79 Å². The molecule has 0 aromatic heterocycles. The summed E-state index contributed by atoms with van der Waals surface area (Å²) in [4.78, 5) is 11.1. The molecule has 0 spiro atoms. The molecule has 0 bridgehead atoms. The highest BCUT2D eigenvalue weighted by Crippen LogP contribution is 2.12. The number of benzene rings is 1. The molecule has 0 heterocycles. The maximum absolute atomic E-state index is 11.1. The number of carbonyl (C=O) groups excluding carboxylic acids is 1. The second-order valence-electron chi connectivity index (χ2n) is 4.13. The molecule has 4 nitrogen and oxygen atoms in total. The highest BCUT2D eigenvalue weighted by Gasteiger charge is 2.00. The van der Waals surface area contributed by atoms with Crippen molar-refractivity contribution in [1.29, 1.82) is 0 Å². The Labute approximate surface area is 127 Å². The van der Waals surface area contributed by atoms with Crippen molar-refractivity contribution < 1.29 is 14.3 Å². The number of nitrogens with one attached hydrogen (secondary N) is 1. The third-order valence-electron chi connectivity index (χ3n) is 2.64. The molecule has 114 valence electrons. The standard InChI is InChI=1S/C15H23NO3.ClH/c1-3-18-14-7-5-13(6-8-14)9-11-16-12-10-15(17)19-4-2;/h5-8,16H,3-4,9-12H2,1-2H3;1H. The first kappa shape index (κ1) is 18.7. The van der Waals surface area contributed by atoms with Crippen LogP contribution in [-0.4, -0.2) is 32.3 Å². The van der Waals surface area contributed by atoms with Crippen molar-refractivity contribution in [3.8, 4) is 5.75 Å². The lowest BCUT2D eigenvalue weighted by atomic mass is 10.1. The van der Waals surface area contributed by atoms with E-state index < -0.39 is 0 Å². The van der Waals surface area contributed by atoms with Gasteiger partial charge in [-0.1, -0.05) is 12.1 Å². The minimum atomic E-state index is -0.143. The van der Waals surface area contributed by atoms with Crippen molar-refractivity contribution in [2.45, 2.75) is 26.7 Å². The van der Waals surface area contributed by atoms with Crippen LogP contribution in [0.3, 0.4) is 0 Å². The maximum atomic E-state index is 11.1. The number of ether oxygens (including phenoxy) is 2. The first-order valence-electron chi connectivity index (χ1n) is 6.84. The van der Waals surface area contributed by atoms with E-state index in [1.54, 1.807) is 0 Å². The van der Waals surface area contributed by atoms with Crippen LogP contribution in [0.1, 0.15) is 25.8 Å². The lowest BCUT2D eigenvalue weighted by molar-refractivity contribution is -0.142. The van der Waals surface area contributed by atoms with Crippen molar-refractivity contribution in [3.05, 3.63) is 29.8 Å². The van der Waals surface area contributed by atoms with E-state index in [-0.39, 0.29) is 18.4 Å². The molecule has 1 rings (SSSR count). The van der Waals surface area contributed by atoms with Crippen LogP contribution in [0.5, 0.6) is 5.75 Å². The molecule has 0 saturated carbocycles. The van der Waals surface area contributed by atoms with Gasteiger partial charge in [-0.2, -0.15) is 0 Å². The van der Waals surface area contributed by atoms with Gasteiger partial charge in [0.1, 0.15) is 5.75 Å². The van der Waals surface area contributed by atoms with Crippen molar-refractivity contribution in [2.75, 3.05) is 26.3 Å². The highest BCUT2D eigenvalue weighted by atomic mass is 35.5. The fraction of sp³-hybridized carbons (Fsp3) is 0.533. The predicted molar refractivity (Wildman–Crippen MR) is 82.7 cm³/mol. The summed E-state index contributed by atoms with van der Waals surface area (Å²) in [5, 5.41) is 3.23. The van der Waals surface area contributed by atoms with Crippen LogP contribution >= 0.6 is 12.4 Å². The number of halogens is 1. The molecule has 0 atom stereocenters. The maximum Gasteiger partial charge on any atom is 0.307 e. The average Bonchev–Trinajstić information content (AvgIpc) is 2.41. The van der Waals surface area contributed by atoms with E-state index in [1.807, 2.05) is 26.0 Å². The van der Waals surface area contributed by atoms with E-state index in [0.717, 1.165) is 18.7 Å². The largest absolute Gasteiger partial charge is 0.494 e. The van der Waals surface area contributed by atoms with Gasteiger partial charge in [-0.3, -0.25) is 4.79 Å². The zero-order valence-electron chi connectivity index (χ0n) is 12.2. The van der Waals surface area contributed by atoms with Crippen molar-refractivity contribution >= 4 is 18.4 Å². The molecular weight excluding hydrogens is 278 g/mol. The Kier molecular flexibility index (Phi) is 10.8. The summed E-state index contributed by atoms with van der Waals surface area (Å²) in [6.45, 7) is 6.45. The van der Waals surface area contributed by atoms with E-state index >= 15 is 0 Å². The molecular formula is C15H24ClNO3. The second kappa shape index (κ2) is 11.6. The molecule has 0 saturated heterocycles. The third-order valence-corrected chi connectivity index (χ3v) is 2.64. The van der Waals surface area contributed by atoms with Crippen LogP contribution in [0.4, 0.5) is 0 Å². The Morgan fingerprint density at radius 2 is 1.80 bits per heavy atom. The summed E-state index contributed by atoms with van der Waals surface area (Å²) in [6, 6.07) is 8.10. The zero-order chi connectivity index (χ0) is 13.9. The lowest BCUT2D eigenvalue weighted by Crippen LogP contribution is -2.21. The summed E-state index contributed by atoms with van der Waals surface area (Å²) in [5.74, 6) is 0.762. The van der Waals surface area contributed by atoms with Gasteiger partial charge in [0.25, 0.3) is 0 Å². The van der Waals surface area contributed by atoms with Crippen molar-refractivity contribution in [1.82, 2.24) is 5.32 Å². The predicted octanol–water partition coefficient (Wildman–Crippen LogP) is 2.59. The quantitative estimate of drug-likeness (QED) is 0.562. The Morgan fingerprint density at radius 3 is 2.40 bits per heavy atom. The number of hydrogen-bond acceptors (Lipinski definition) is 4. The zero-order valence-corrected chi connectivity index (χ0v) is 13.0. The Bertz CT molecular complexity index is 368. The van der Waals surface area contributed by atoms with Crippen LogP contribution in [0.2, 0.25) is 0 Å². The van der Waals surface area contributed by atoms with E-state index in [2.05, 4.69) is 17.4 Å². The topological polar surface area (TPSA) is 47.6 Å². The number of carbonyl (C=O) groups is 1. The van der Waals surface area contributed by atoms with Gasteiger partial charge in [0, 0.05) is 6.54 Å². The van der Waals surface area contributed by atoms with Crippen LogP contribution in [0.15, 0.2) is 24.3 Å². The van der Waals surface area contributed by atoms with Gasteiger partial charge >= 0.3 is 5.97 Å². The van der Waals surface area contributed by atoms with Gasteiger partial charge in [-0.15, -0.1) is 12.4 Å². The van der Waals surface area contributed by atoms with E-state index in [0.29, 0.717) is 26.2 Å². The Morgan fingerprint density at radius 1 is 1.10 bits per heavy atom. The lowest BCUT2D eigenvalue weighted by Gasteiger charge is -2.06. The highest BCUT2D eigenvalue weighted by molar-refractivity contribution is 5.85. The van der Waals surface area contributed by atoms with Crippen LogP contribution in [-0.2, 0) is 16.0 Å². The minimum absolute atomic E-state index is 0. The van der Waals surface area contributed by atoms with Crippen LogP contribution in [0, 0.1) is 0 Å². The smallest absolute Gasteiger partial charge is 0.307 e. The summed E-state index contributed by atoms with van der Waals surface area (Å²) in [6.07, 6.45) is 1.37. The molecule has 1 N–H and O–H groups in total. The molecule has 1 aromatic carbocycles. The third kappa shape index (κ3) is 8.02. The fourth-order valence-electron chi connectivity index (χ4n) is 1.70. The van der Waals surface area contributed by atoms with Gasteiger partial charge in [-0.25, -0.2) is 0 Å². The molecule has 0 fully saturated rings. The van der Waals surface area contributed by atoms with E-state index in [4.69, 9.17) is 9.47 Å². The van der Waals surface area contributed by atoms with Crippen LogP contribution in [0.25, 0.3) is 0 Å². The van der Waals surface area contributed by atoms with Gasteiger partial charge < -0.3 is 14.8 Å². The fourth-order valence-corrected chi connectivity index (χ4v) is 1.70. The van der Waals surface area contributed by atoms with Gasteiger partial charge in [0.15, 0.2) is 0 Å². The molecule has 0 aliphatic carbocycles. The Balaban J connectivity index is 0.00000361. The number of hydrogen-bond donors (Lipinski definition) is 1. The molecule has 1 aromatic rings. The van der Waals surface area contributed by atoms with Crippen molar-refractivity contribution in [2.24, 2.45) is 0 Å². The summed E-state index contributed by atoms with van der Waals surface area (Å²) < 4.78 is 10.2. The molecule has 0 amide bonds. The average molecular weight is 302 g/mol. The van der Waals surface area contributed by atoms with Gasteiger partial charge in [-0.05, 0) is 44.5 Å². The van der Waals surface area contributed by atoms with E-state index in [1.165, 1.54) is 5.56 Å². The summed E-state index contributed by atoms with van der Waals surface area (Å²) >= 11 is 0. The van der Waals surface area contributed by atoms with Gasteiger partial charge in [0.05, 0.1) is 19.6 Å². The molecule has 0 aliphatic rings. The van der Waals surface area contributed by atoms with Gasteiger partial charge in [0.2, 0.25) is 0 Å². The number of rotatable bonds is 9. The Hall–Kier alpha value is -1.26. The summed E-state index contributed by atoms with van der Waals surface area (Å²) in [5.41, 5.74) is 1.26. The number of esters is 1. The minimum Gasteiger partial charge on any atom is -0.494 e. The molecule has 20 heavy (non-hydrogen) atoms. The SMILES string of the molecule is CCOC(=O)CCNCCc1ccc(OCC)cc1.Cl. The van der Waals surface area contributed by atoms with Crippen LogP contribution < -0.4 is 10.1 Å². The molecule has 0 aliphatic heterocycles. The molecule has 0 radical (unpaired) electrons.